The molecule has 0 aromatic rings. The van der Waals surface area contributed by atoms with E-state index in [1.54, 1.807) is 0 Å². The zero-order valence-electron chi connectivity index (χ0n) is 10.6. The predicted molar refractivity (Wildman–Crippen MR) is 64.9 cm³/mol. The molecule has 1 rings (SSSR count). The molecule has 88 valence electrons. The van der Waals surface area contributed by atoms with Gasteiger partial charge in [0.25, 0.3) is 0 Å². The van der Waals surface area contributed by atoms with Gasteiger partial charge in [-0.3, -0.25) is 4.79 Å². The molecule has 0 aromatic heterocycles. The minimum Gasteiger partial charge on any atom is -0.299 e. The molecule has 1 aliphatic carbocycles. The first kappa shape index (κ1) is 12.7. The van der Waals surface area contributed by atoms with Crippen LogP contribution in [0.5, 0.6) is 0 Å². The van der Waals surface area contributed by atoms with Crippen LogP contribution in [0.3, 0.4) is 0 Å². The van der Waals surface area contributed by atoms with E-state index in [2.05, 4.69) is 20.8 Å². The summed E-state index contributed by atoms with van der Waals surface area (Å²) < 4.78 is 0. The average molecular weight is 210 g/mol. The lowest BCUT2D eigenvalue weighted by atomic mass is 9.83. The molecule has 0 radical (unpaired) electrons. The van der Waals surface area contributed by atoms with Crippen molar-refractivity contribution in [2.75, 3.05) is 0 Å². The molecule has 15 heavy (non-hydrogen) atoms. The Bertz CT molecular complexity index is 200. The van der Waals surface area contributed by atoms with Gasteiger partial charge in [0.2, 0.25) is 0 Å². The van der Waals surface area contributed by atoms with Gasteiger partial charge in [0, 0.05) is 12.3 Å². The Balaban J connectivity index is 2.11. The van der Waals surface area contributed by atoms with Gasteiger partial charge in [0.1, 0.15) is 5.78 Å². The summed E-state index contributed by atoms with van der Waals surface area (Å²) in [7, 11) is 0. The van der Waals surface area contributed by atoms with Crippen LogP contribution < -0.4 is 0 Å². The number of unbranched alkanes of at least 4 members (excludes halogenated alkanes) is 1. The minimum atomic E-state index is 0.415. The molecule has 1 fully saturated rings. The minimum absolute atomic E-state index is 0.415. The Morgan fingerprint density at radius 3 is 2.53 bits per heavy atom. The molecular formula is C14H26O. The fraction of sp³-hybridized carbons (Fsp3) is 0.929. The molecule has 1 unspecified atom stereocenters. The zero-order chi connectivity index (χ0) is 11.3. The van der Waals surface area contributed by atoms with Gasteiger partial charge in [-0.15, -0.1) is 0 Å². The summed E-state index contributed by atoms with van der Waals surface area (Å²) >= 11 is 0. The summed E-state index contributed by atoms with van der Waals surface area (Å²) in [5.41, 5.74) is 0.455. The van der Waals surface area contributed by atoms with E-state index in [0.717, 1.165) is 25.7 Å². The monoisotopic (exact) mass is 210 g/mol. The van der Waals surface area contributed by atoms with Crippen molar-refractivity contribution in [1.29, 1.82) is 0 Å². The van der Waals surface area contributed by atoms with E-state index >= 15 is 0 Å². The van der Waals surface area contributed by atoms with Crippen LogP contribution in [-0.4, -0.2) is 5.78 Å². The molecule has 0 aliphatic heterocycles. The van der Waals surface area contributed by atoms with Gasteiger partial charge >= 0.3 is 0 Å². The lowest BCUT2D eigenvalue weighted by molar-refractivity contribution is -0.124. The molecule has 1 saturated carbocycles. The number of Topliss-reactive ketones (excluding diaryl/α,β-unsaturated/α-hetero) is 1. The van der Waals surface area contributed by atoms with Crippen molar-refractivity contribution >= 4 is 5.78 Å². The van der Waals surface area contributed by atoms with Crippen molar-refractivity contribution in [3.8, 4) is 0 Å². The average Bonchev–Trinajstić information content (AvgIpc) is 2.13. The fourth-order valence-electron chi connectivity index (χ4n) is 2.41. The van der Waals surface area contributed by atoms with Crippen molar-refractivity contribution in [3.05, 3.63) is 0 Å². The number of rotatable bonds is 4. The highest BCUT2D eigenvalue weighted by Crippen LogP contribution is 2.27. The Hall–Kier alpha value is -0.330. The molecule has 0 heterocycles. The van der Waals surface area contributed by atoms with Crippen LogP contribution in [0, 0.1) is 11.3 Å². The van der Waals surface area contributed by atoms with E-state index < -0.39 is 0 Å². The van der Waals surface area contributed by atoms with E-state index in [1.807, 2.05) is 0 Å². The topological polar surface area (TPSA) is 17.1 Å². The Labute approximate surface area is 94.6 Å². The van der Waals surface area contributed by atoms with Crippen LogP contribution in [0.1, 0.15) is 72.1 Å². The van der Waals surface area contributed by atoms with Gasteiger partial charge in [-0.05, 0) is 31.1 Å². The largest absolute Gasteiger partial charge is 0.299 e. The van der Waals surface area contributed by atoms with Crippen molar-refractivity contribution in [1.82, 2.24) is 0 Å². The normalized spacial score (nSPS) is 23.1. The smallest absolute Gasteiger partial charge is 0.135 e. The maximum absolute atomic E-state index is 11.6. The predicted octanol–water partition coefficient (Wildman–Crippen LogP) is 4.35. The van der Waals surface area contributed by atoms with Gasteiger partial charge in [-0.2, -0.15) is 0 Å². The zero-order valence-corrected chi connectivity index (χ0v) is 10.6. The molecule has 0 amide bonds. The molecule has 0 saturated heterocycles. The van der Waals surface area contributed by atoms with Crippen molar-refractivity contribution in [2.24, 2.45) is 11.3 Å². The third-order valence-electron chi connectivity index (χ3n) is 3.41. The van der Waals surface area contributed by atoms with E-state index in [4.69, 9.17) is 0 Å². The number of hydrogen-bond donors (Lipinski definition) is 0. The molecule has 0 aromatic carbocycles. The Morgan fingerprint density at radius 2 is 1.93 bits per heavy atom. The van der Waals surface area contributed by atoms with Gasteiger partial charge in [-0.1, -0.05) is 40.0 Å². The maximum Gasteiger partial charge on any atom is 0.135 e. The first-order chi connectivity index (χ1) is 6.99. The van der Waals surface area contributed by atoms with Crippen LogP contribution >= 0.6 is 0 Å². The summed E-state index contributed by atoms with van der Waals surface area (Å²) in [6.07, 6.45) is 9.38. The first-order valence-corrected chi connectivity index (χ1v) is 6.52. The quantitative estimate of drug-likeness (QED) is 0.630. The highest BCUT2D eigenvalue weighted by molar-refractivity contribution is 5.81. The third kappa shape index (κ3) is 5.34. The summed E-state index contributed by atoms with van der Waals surface area (Å²) in [5, 5.41) is 0. The van der Waals surface area contributed by atoms with E-state index in [9.17, 15) is 4.79 Å². The standard InChI is InChI=1S/C14H26O/c1-14(2,3)11-7-6-9-12-8-4-5-10-13(12)15/h12H,4-11H2,1-3H3. The molecule has 0 bridgehead atoms. The summed E-state index contributed by atoms with van der Waals surface area (Å²) in [5.74, 6) is 0.954. The second-order valence-electron chi connectivity index (χ2n) is 6.22. The van der Waals surface area contributed by atoms with Crippen LogP contribution in [0.4, 0.5) is 0 Å². The molecular weight excluding hydrogens is 184 g/mol. The van der Waals surface area contributed by atoms with Crippen molar-refractivity contribution < 1.29 is 4.79 Å². The fourth-order valence-corrected chi connectivity index (χ4v) is 2.41. The van der Waals surface area contributed by atoms with E-state index in [0.29, 0.717) is 17.1 Å². The van der Waals surface area contributed by atoms with Gasteiger partial charge in [0.05, 0.1) is 0 Å². The van der Waals surface area contributed by atoms with E-state index in [1.165, 1.54) is 25.7 Å². The molecule has 1 nitrogen and oxygen atoms in total. The second kappa shape index (κ2) is 5.67. The number of ketones is 1. The number of carbonyl (C=O) groups is 1. The van der Waals surface area contributed by atoms with Crippen LogP contribution in [0.2, 0.25) is 0 Å². The number of carbonyl (C=O) groups excluding carboxylic acids is 1. The lowest BCUT2D eigenvalue weighted by Gasteiger charge is -2.21. The maximum atomic E-state index is 11.6. The van der Waals surface area contributed by atoms with Crippen molar-refractivity contribution in [3.63, 3.8) is 0 Å². The molecule has 0 N–H and O–H groups in total. The summed E-state index contributed by atoms with van der Waals surface area (Å²) in [6.45, 7) is 6.87. The highest BCUT2D eigenvalue weighted by atomic mass is 16.1. The molecule has 1 heteroatoms. The third-order valence-corrected chi connectivity index (χ3v) is 3.41. The molecule has 1 atom stereocenters. The molecule has 0 spiro atoms. The molecule has 1 aliphatic rings. The summed E-state index contributed by atoms with van der Waals surface area (Å²) in [4.78, 5) is 11.6. The Morgan fingerprint density at radius 1 is 1.20 bits per heavy atom. The van der Waals surface area contributed by atoms with Crippen molar-refractivity contribution in [2.45, 2.75) is 72.1 Å². The first-order valence-electron chi connectivity index (χ1n) is 6.52. The Kier molecular flexibility index (Phi) is 4.82. The lowest BCUT2D eigenvalue weighted by Crippen LogP contribution is -2.18. The van der Waals surface area contributed by atoms with E-state index in [-0.39, 0.29) is 0 Å². The van der Waals surface area contributed by atoms with Crippen LogP contribution in [0.25, 0.3) is 0 Å². The van der Waals surface area contributed by atoms with Crippen LogP contribution in [0.15, 0.2) is 0 Å². The van der Waals surface area contributed by atoms with Gasteiger partial charge in [0.15, 0.2) is 0 Å². The van der Waals surface area contributed by atoms with Gasteiger partial charge < -0.3 is 0 Å². The van der Waals surface area contributed by atoms with Crippen LogP contribution in [-0.2, 0) is 4.79 Å². The number of hydrogen-bond acceptors (Lipinski definition) is 1. The second-order valence-corrected chi connectivity index (χ2v) is 6.22. The summed E-state index contributed by atoms with van der Waals surface area (Å²) in [6, 6.07) is 0. The SMILES string of the molecule is CC(C)(C)CCCCC1CCCCC1=O. The van der Waals surface area contributed by atoms with Gasteiger partial charge in [-0.25, -0.2) is 0 Å². The highest BCUT2D eigenvalue weighted by Gasteiger charge is 2.21.